The fourth-order valence-electron chi connectivity index (χ4n) is 2.99. The smallest absolute Gasteiger partial charge is 0.411 e. The van der Waals surface area contributed by atoms with Crippen LogP contribution in [-0.2, 0) is 16.0 Å². The lowest BCUT2D eigenvalue weighted by molar-refractivity contribution is -0.126. The second-order valence-electron chi connectivity index (χ2n) is 6.49. The molecule has 0 bridgehead atoms. The summed E-state index contributed by atoms with van der Waals surface area (Å²) in [6.07, 6.45) is 0.431. The summed E-state index contributed by atoms with van der Waals surface area (Å²) in [5, 5.41) is 21.9. The van der Waals surface area contributed by atoms with Gasteiger partial charge < -0.3 is 14.9 Å². The highest BCUT2D eigenvalue weighted by atomic mass is 16.6. The van der Waals surface area contributed by atoms with Crippen molar-refractivity contribution in [2.75, 3.05) is 13.1 Å². The zero-order valence-corrected chi connectivity index (χ0v) is 14.2. The molecule has 0 saturated carbocycles. The fraction of sp³-hybridized carbons (Fsp3) is 0.500. The molecule has 1 aliphatic heterocycles. The zero-order chi connectivity index (χ0) is 18.3. The van der Waals surface area contributed by atoms with E-state index in [0.717, 1.165) is 23.9 Å². The summed E-state index contributed by atoms with van der Waals surface area (Å²) in [5.41, 5.74) is 0.757. The molecule has 3 N–H and O–H groups in total. The predicted molar refractivity (Wildman–Crippen MR) is 91.4 cm³/mol. The number of nitrogens with one attached hydrogen (secondary N) is 1. The maximum absolute atomic E-state index is 11.2. The summed E-state index contributed by atoms with van der Waals surface area (Å²) in [6, 6.07) is 9.98. The van der Waals surface area contributed by atoms with Gasteiger partial charge in [0, 0.05) is 18.5 Å². The van der Waals surface area contributed by atoms with Crippen molar-refractivity contribution in [1.29, 1.82) is 0 Å². The molecule has 3 unspecified atom stereocenters. The molecular weight excluding hydrogens is 324 g/mol. The molecule has 1 saturated heterocycles. The van der Waals surface area contributed by atoms with Crippen molar-refractivity contribution in [3.05, 3.63) is 42.1 Å². The zero-order valence-electron chi connectivity index (χ0n) is 14.2. The van der Waals surface area contributed by atoms with Crippen LogP contribution in [0, 0.1) is 5.41 Å². The Morgan fingerprint density at radius 2 is 2.16 bits per heavy atom. The SMILES string of the molecule is CC(CCc1ccccc1)(CCN(C=C=O)C(=O)O)C1NCC(O)O1. The van der Waals surface area contributed by atoms with Crippen LogP contribution in [0.3, 0.4) is 0 Å². The van der Waals surface area contributed by atoms with Gasteiger partial charge in [-0.1, -0.05) is 37.3 Å². The number of ether oxygens (including phenoxy) is 1. The highest BCUT2D eigenvalue weighted by Crippen LogP contribution is 2.35. The number of nitrogens with zero attached hydrogens (tertiary/aromatic N) is 1. The maximum Gasteiger partial charge on any atom is 0.411 e. The van der Waals surface area contributed by atoms with Crippen molar-refractivity contribution < 1.29 is 24.5 Å². The Morgan fingerprint density at radius 1 is 1.44 bits per heavy atom. The third-order valence-corrected chi connectivity index (χ3v) is 4.61. The lowest BCUT2D eigenvalue weighted by Crippen LogP contribution is -2.43. The van der Waals surface area contributed by atoms with E-state index in [4.69, 9.17) is 9.84 Å². The van der Waals surface area contributed by atoms with Crippen molar-refractivity contribution in [1.82, 2.24) is 10.2 Å². The van der Waals surface area contributed by atoms with E-state index in [9.17, 15) is 14.7 Å². The summed E-state index contributed by atoms with van der Waals surface area (Å²) in [6.45, 7) is 2.48. The minimum atomic E-state index is -1.20. The van der Waals surface area contributed by atoms with Crippen LogP contribution in [0.25, 0.3) is 0 Å². The van der Waals surface area contributed by atoms with Gasteiger partial charge in [0.15, 0.2) is 6.29 Å². The Balaban J connectivity index is 2.08. The molecule has 1 aromatic rings. The Morgan fingerprint density at radius 3 is 2.72 bits per heavy atom. The van der Waals surface area contributed by atoms with E-state index in [2.05, 4.69) is 5.32 Å². The molecule has 1 heterocycles. The lowest BCUT2D eigenvalue weighted by atomic mass is 9.79. The summed E-state index contributed by atoms with van der Waals surface area (Å²) >= 11 is 0. The van der Waals surface area contributed by atoms with Crippen molar-refractivity contribution in [3.8, 4) is 0 Å². The van der Waals surface area contributed by atoms with Gasteiger partial charge in [-0.2, -0.15) is 0 Å². The van der Waals surface area contributed by atoms with Gasteiger partial charge in [0.1, 0.15) is 12.2 Å². The minimum Gasteiger partial charge on any atom is -0.465 e. The molecule has 1 aromatic carbocycles. The topological polar surface area (TPSA) is 99.1 Å². The van der Waals surface area contributed by atoms with Crippen molar-refractivity contribution >= 4 is 12.0 Å². The Kier molecular flexibility index (Phi) is 6.73. The summed E-state index contributed by atoms with van der Waals surface area (Å²) < 4.78 is 5.56. The molecule has 1 fully saturated rings. The van der Waals surface area contributed by atoms with Gasteiger partial charge in [-0.25, -0.2) is 9.59 Å². The molecule has 7 nitrogen and oxygen atoms in total. The molecule has 7 heteroatoms. The van der Waals surface area contributed by atoms with Gasteiger partial charge in [-0.05, 0) is 24.8 Å². The first kappa shape index (κ1) is 19.1. The average Bonchev–Trinajstić information content (AvgIpc) is 3.04. The molecule has 3 atom stereocenters. The number of carbonyl (C=O) groups excluding carboxylic acids is 1. The van der Waals surface area contributed by atoms with Crippen molar-refractivity contribution in [3.63, 3.8) is 0 Å². The first-order chi connectivity index (χ1) is 11.9. The number of aryl methyl sites for hydroxylation is 1. The summed E-state index contributed by atoms with van der Waals surface area (Å²) in [4.78, 5) is 22.6. The van der Waals surface area contributed by atoms with E-state index < -0.39 is 17.8 Å². The molecule has 0 spiro atoms. The quantitative estimate of drug-likeness (QED) is 0.617. The van der Waals surface area contributed by atoms with Crippen LogP contribution in [0.15, 0.2) is 36.5 Å². The maximum atomic E-state index is 11.2. The Labute approximate surface area is 146 Å². The molecule has 0 radical (unpaired) electrons. The summed E-state index contributed by atoms with van der Waals surface area (Å²) in [7, 11) is 0. The number of carboxylic acid groups (broad SMARTS) is 1. The number of aliphatic hydroxyl groups is 1. The van der Waals surface area contributed by atoms with Crippen LogP contribution in [0.2, 0.25) is 0 Å². The number of hydrogen-bond donors (Lipinski definition) is 3. The largest absolute Gasteiger partial charge is 0.465 e. The van der Waals surface area contributed by atoms with Crippen LogP contribution in [0.5, 0.6) is 0 Å². The number of β-amino-alcohol motifs (C(OH)–C–C–N with tert-alkyl or cyclic N) is 1. The van der Waals surface area contributed by atoms with Crippen LogP contribution in [0.4, 0.5) is 4.79 Å². The molecule has 25 heavy (non-hydrogen) atoms. The third-order valence-electron chi connectivity index (χ3n) is 4.61. The predicted octanol–water partition coefficient (Wildman–Crippen LogP) is 1.61. The number of carbonyl (C=O) groups is 1. The van der Waals surface area contributed by atoms with Crippen LogP contribution in [0.1, 0.15) is 25.3 Å². The van der Waals surface area contributed by atoms with Gasteiger partial charge in [-0.15, -0.1) is 0 Å². The number of aliphatic hydroxyl groups excluding tert-OH is 1. The van der Waals surface area contributed by atoms with E-state index in [1.54, 1.807) is 0 Å². The van der Waals surface area contributed by atoms with Gasteiger partial charge in [-0.3, -0.25) is 10.2 Å². The van der Waals surface area contributed by atoms with Crippen LogP contribution < -0.4 is 5.32 Å². The van der Waals surface area contributed by atoms with E-state index in [1.807, 2.05) is 37.3 Å². The minimum absolute atomic E-state index is 0.146. The standard InChI is InChI=1S/C18H24N2O5/c1-18(16-19-13-15(22)25-16,8-7-14-5-3-2-4-6-14)9-10-20(11-12-21)17(23)24/h2-6,11,15-16,19,22H,7-10,13H2,1H3,(H,23,24). The van der Waals surface area contributed by atoms with Crippen LogP contribution >= 0.6 is 0 Å². The molecule has 136 valence electrons. The molecule has 2 rings (SSSR count). The lowest BCUT2D eigenvalue weighted by Gasteiger charge is -2.36. The Bertz CT molecular complexity index is 615. The second-order valence-corrected chi connectivity index (χ2v) is 6.49. The second kappa shape index (κ2) is 8.78. The normalized spacial score (nSPS) is 22.0. The van der Waals surface area contributed by atoms with Crippen molar-refractivity contribution in [2.45, 2.75) is 38.7 Å². The number of benzene rings is 1. The number of amides is 1. The highest BCUT2D eigenvalue weighted by Gasteiger charge is 2.39. The van der Waals surface area contributed by atoms with Gasteiger partial charge in [0.25, 0.3) is 0 Å². The van der Waals surface area contributed by atoms with Gasteiger partial charge in [0.2, 0.25) is 0 Å². The molecule has 1 amide bonds. The summed E-state index contributed by atoms with van der Waals surface area (Å²) in [5.74, 6) is 1.50. The monoisotopic (exact) mass is 348 g/mol. The Hall–Kier alpha value is -2.18. The molecular formula is C18H24N2O5. The number of rotatable bonds is 8. The van der Waals surface area contributed by atoms with E-state index in [-0.39, 0.29) is 12.8 Å². The highest BCUT2D eigenvalue weighted by molar-refractivity contribution is 5.68. The first-order valence-electron chi connectivity index (χ1n) is 8.26. The van der Waals surface area contributed by atoms with Gasteiger partial charge in [0.05, 0.1) is 6.20 Å². The average molecular weight is 348 g/mol. The molecule has 1 aliphatic rings. The van der Waals surface area contributed by atoms with Crippen molar-refractivity contribution in [2.24, 2.45) is 5.41 Å². The third kappa shape index (κ3) is 5.41. The number of hydrogen-bond acceptors (Lipinski definition) is 5. The van der Waals surface area contributed by atoms with E-state index in [1.165, 1.54) is 11.5 Å². The van der Waals surface area contributed by atoms with Crippen LogP contribution in [-0.4, -0.2) is 52.8 Å². The fourth-order valence-corrected chi connectivity index (χ4v) is 2.99. The van der Waals surface area contributed by atoms with E-state index in [0.29, 0.717) is 13.0 Å². The first-order valence-corrected chi connectivity index (χ1v) is 8.26. The van der Waals surface area contributed by atoms with Gasteiger partial charge >= 0.3 is 6.09 Å². The molecule has 0 aliphatic carbocycles. The molecule has 0 aromatic heterocycles. The van der Waals surface area contributed by atoms with E-state index >= 15 is 0 Å².